The monoisotopic (exact) mass is 295 g/mol. The van der Waals surface area contributed by atoms with Crippen LogP contribution in [0.3, 0.4) is 0 Å². The highest BCUT2D eigenvalue weighted by Crippen LogP contribution is 2.31. The Balaban J connectivity index is 2.14. The Bertz CT molecular complexity index is 482. The fraction of sp³-hybridized carbons (Fsp3) is 0.562. The number of carbonyl (C=O) groups is 1. The molecule has 0 amide bonds. The Morgan fingerprint density at radius 1 is 1.35 bits per heavy atom. The van der Waals surface area contributed by atoms with Crippen molar-refractivity contribution in [2.45, 2.75) is 45.4 Å². The van der Waals surface area contributed by atoms with Crippen molar-refractivity contribution >= 4 is 23.3 Å². The topological polar surface area (TPSA) is 52.3 Å². The highest BCUT2D eigenvalue weighted by Gasteiger charge is 2.18. The van der Waals surface area contributed by atoms with Crippen molar-refractivity contribution in [1.82, 2.24) is 0 Å². The number of nitrogens with two attached hydrogens (primary N) is 1. The minimum absolute atomic E-state index is 0.332. The van der Waals surface area contributed by atoms with Gasteiger partial charge in [-0.05, 0) is 37.0 Å². The van der Waals surface area contributed by atoms with Crippen molar-refractivity contribution in [2.75, 3.05) is 12.3 Å². The zero-order valence-corrected chi connectivity index (χ0v) is 12.7. The van der Waals surface area contributed by atoms with E-state index in [0.29, 0.717) is 28.8 Å². The molecule has 0 heterocycles. The number of anilines is 1. The van der Waals surface area contributed by atoms with Crippen LogP contribution in [0, 0.1) is 5.92 Å². The SMILES string of the molecule is CCOC(=O)c1cc(N)c(CC2CCCCC2)cc1Cl. The molecule has 1 aliphatic carbocycles. The second kappa shape index (κ2) is 6.98. The van der Waals surface area contributed by atoms with E-state index in [4.69, 9.17) is 22.1 Å². The Morgan fingerprint density at radius 2 is 2.05 bits per heavy atom. The van der Waals surface area contributed by atoms with Crippen molar-refractivity contribution < 1.29 is 9.53 Å². The predicted molar refractivity (Wildman–Crippen MR) is 82.1 cm³/mol. The molecule has 20 heavy (non-hydrogen) atoms. The highest BCUT2D eigenvalue weighted by molar-refractivity contribution is 6.33. The van der Waals surface area contributed by atoms with Crippen molar-refractivity contribution in [3.05, 3.63) is 28.3 Å². The van der Waals surface area contributed by atoms with Crippen LogP contribution in [0.2, 0.25) is 5.02 Å². The van der Waals surface area contributed by atoms with Gasteiger partial charge in [-0.2, -0.15) is 0 Å². The third kappa shape index (κ3) is 3.66. The molecule has 2 N–H and O–H groups in total. The number of esters is 1. The summed E-state index contributed by atoms with van der Waals surface area (Å²) in [5.41, 5.74) is 8.13. The maximum Gasteiger partial charge on any atom is 0.339 e. The second-order valence-electron chi connectivity index (χ2n) is 5.46. The summed E-state index contributed by atoms with van der Waals surface area (Å²) in [4.78, 5) is 11.8. The first-order chi connectivity index (χ1) is 9.61. The molecule has 0 saturated heterocycles. The largest absolute Gasteiger partial charge is 0.462 e. The molecule has 4 heteroatoms. The average Bonchev–Trinajstić information content (AvgIpc) is 2.44. The van der Waals surface area contributed by atoms with E-state index < -0.39 is 5.97 Å². The Kier molecular flexibility index (Phi) is 5.30. The van der Waals surface area contributed by atoms with E-state index in [9.17, 15) is 4.79 Å². The first kappa shape index (κ1) is 15.2. The van der Waals surface area contributed by atoms with Gasteiger partial charge in [-0.25, -0.2) is 4.79 Å². The van der Waals surface area contributed by atoms with Crippen LogP contribution in [0.15, 0.2) is 12.1 Å². The minimum atomic E-state index is -0.409. The maximum absolute atomic E-state index is 11.8. The summed E-state index contributed by atoms with van der Waals surface area (Å²) in [6.07, 6.45) is 7.43. The second-order valence-corrected chi connectivity index (χ2v) is 5.87. The van der Waals surface area contributed by atoms with E-state index in [-0.39, 0.29) is 0 Å². The van der Waals surface area contributed by atoms with E-state index >= 15 is 0 Å². The van der Waals surface area contributed by atoms with Crippen LogP contribution < -0.4 is 5.73 Å². The average molecular weight is 296 g/mol. The van der Waals surface area contributed by atoms with Crippen LogP contribution in [0.1, 0.15) is 54.9 Å². The first-order valence-corrected chi connectivity index (χ1v) is 7.74. The molecule has 1 aromatic rings. The van der Waals surface area contributed by atoms with Gasteiger partial charge in [0.15, 0.2) is 0 Å². The molecule has 0 unspecified atom stereocenters. The fourth-order valence-electron chi connectivity index (χ4n) is 2.88. The first-order valence-electron chi connectivity index (χ1n) is 7.36. The molecule has 110 valence electrons. The van der Waals surface area contributed by atoms with Crippen LogP contribution in [0.5, 0.6) is 0 Å². The van der Waals surface area contributed by atoms with E-state index in [0.717, 1.165) is 12.0 Å². The van der Waals surface area contributed by atoms with Crippen molar-refractivity contribution in [3.63, 3.8) is 0 Å². The summed E-state index contributed by atoms with van der Waals surface area (Å²) >= 11 is 6.19. The van der Waals surface area contributed by atoms with Crippen molar-refractivity contribution in [1.29, 1.82) is 0 Å². The quantitative estimate of drug-likeness (QED) is 0.668. The third-order valence-corrected chi connectivity index (χ3v) is 4.27. The number of nitrogen functional groups attached to an aromatic ring is 1. The number of hydrogen-bond acceptors (Lipinski definition) is 3. The Hall–Kier alpha value is -1.22. The molecule has 1 aliphatic rings. The van der Waals surface area contributed by atoms with Crippen molar-refractivity contribution in [3.8, 4) is 0 Å². The lowest BCUT2D eigenvalue weighted by molar-refractivity contribution is 0.0526. The zero-order chi connectivity index (χ0) is 14.5. The number of halogens is 1. The minimum Gasteiger partial charge on any atom is -0.462 e. The molecule has 1 aromatic carbocycles. The van der Waals surface area contributed by atoms with Gasteiger partial charge < -0.3 is 10.5 Å². The summed E-state index contributed by atoms with van der Waals surface area (Å²) in [7, 11) is 0. The lowest BCUT2D eigenvalue weighted by atomic mass is 9.84. The summed E-state index contributed by atoms with van der Waals surface area (Å²) < 4.78 is 4.97. The van der Waals surface area contributed by atoms with E-state index in [2.05, 4.69) is 0 Å². The highest BCUT2D eigenvalue weighted by atomic mass is 35.5. The van der Waals surface area contributed by atoms with Gasteiger partial charge in [-0.15, -0.1) is 0 Å². The molecule has 0 spiro atoms. The molecule has 3 nitrogen and oxygen atoms in total. The zero-order valence-electron chi connectivity index (χ0n) is 12.0. The lowest BCUT2D eigenvalue weighted by Gasteiger charge is -2.22. The molecular weight excluding hydrogens is 274 g/mol. The fourth-order valence-corrected chi connectivity index (χ4v) is 3.14. The van der Waals surface area contributed by atoms with Crippen LogP contribution >= 0.6 is 11.6 Å². The van der Waals surface area contributed by atoms with Crippen LogP contribution in [-0.4, -0.2) is 12.6 Å². The van der Waals surface area contributed by atoms with E-state index in [1.54, 1.807) is 13.0 Å². The molecule has 0 bridgehead atoms. The number of benzene rings is 1. The molecular formula is C16H22ClNO2. The number of rotatable bonds is 4. The molecule has 1 fully saturated rings. The van der Waals surface area contributed by atoms with E-state index in [1.807, 2.05) is 6.07 Å². The number of ether oxygens (including phenoxy) is 1. The van der Waals surface area contributed by atoms with Gasteiger partial charge in [-0.3, -0.25) is 0 Å². The van der Waals surface area contributed by atoms with Gasteiger partial charge in [0.05, 0.1) is 17.2 Å². The molecule has 0 radical (unpaired) electrons. The molecule has 2 rings (SSSR count). The van der Waals surface area contributed by atoms with Gasteiger partial charge in [0, 0.05) is 5.69 Å². The Morgan fingerprint density at radius 3 is 2.70 bits per heavy atom. The number of carbonyl (C=O) groups excluding carboxylic acids is 1. The van der Waals surface area contributed by atoms with Crippen LogP contribution in [-0.2, 0) is 11.2 Å². The molecule has 1 saturated carbocycles. The summed E-state index contributed by atoms with van der Waals surface area (Å²) in [6, 6.07) is 3.48. The van der Waals surface area contributed by atoms with Crippen LogP contribution in [0.4, 0.5) is 5.69 Å². The Labute approximate surface area is 125 Å². The normalized spacial score (nSPS) is 16.1. The van der Waals surface area contributed by atoms with Gasteiger partial charge in [-0.1, -0.05) is 43.7 Å². The predicted octanol–water partition coefficient (Wildman–Crippen LogP) is 4.22. The van der Waals surface area contributed by atoms with E-state index in [1.165, 1.54) is 32.1 Å². The van der Waals surface area contributed by atoms with Crippen molar-refractivity contribution in [2.24, 2.45) is 5.92 Å². The molecule has 0 atom stereocenters. The third-order valence-electron chi connectivity index (χ3n) is 3.96. The number of hydrogen-bond donors (Lipinski definition) is 1. The van der Waals surface area contributed by atoms with Gasteiger partial charge >= 0.3 is 5.97 Å². The van der Waals surface area contributed by atoms with Gasteiger partial charge in [0.25, 0.3) is 0 Å². The van der Waals surface area contributed by atoms with Gasteiger partial charge in [0.2, 0.25) is 0 Å². The summed E-state index contributed by atoms with van der Waals surface area (Å²) in [5, 5.41) is 0.434. The van der Waals surface area contributed by atoms with Crippen LogP contribution in [0.25, 0.3) is 0 Å². The maximum atomic E-state index is 11.8. The molecule has 0 aromatic heterocycles. The summed E-state index contributed by atoms with van der Waals surface area (Å²) in [6.45, 7) is 2.10. The molecule has 0 aliphatic heterocycles. The van der Waals surface area contributed by atoms with Gasteiger partial charge in [0.1, 0.15) is 0 Å². The summed E-state index contributed by atoms with van der Waals surface area (Å²) in [5.74, 6) is 0.281. The smallest absolute Gasteiger partial charge is 0.339 e. The lowest BCUT2D eigenvalue weighted by Crippen LogP contribution is -2.12. The standard InChI is InChI=1S/C16H22ClNO2/c1-2-20-16(19)13-10-15(18)12(9-14(13)17)8-11-6-4-3-5-7-11/h9-11H,2-8,18H2,1H3.